The fraction of sp³-hybridized carbons (Fsp3) is 0.438. The summed E-state index contributed by atoms with van der Waals surface area (Å²) in [6.07, 6.45) is 0.456. The van der Waals surface area contributed by atoms with E-state index in [4.69, 9.17) is 9.47 Å². The summed E-state index contributed by atoms with van der Waals surface area (Å²) in [5.41, 5.74) is 1.28. The third-order valence-electron chi connectivity index (χ3n) is 2.91. The van der Waals surface area contributed by atoms with Crippen LogP contribution >= 0.6 is 0 Å². The van der Waals surface area contributed by atoms with Crippen molar-refractivity contribution in [1.82, 2.24) is 5.32 Å². The predicted octanol–water partition coefficient (Wildman–Crippen LogP) is 1.99. The van der Waals surface area contributed by atoms with Crippen LogP contribution in [0.3, 0.4) is 0 Å². The van der Waals surface area contributed by atoms with Gasteiger partial charge < -0.3 is 14.8 Å². The van der Waals surface area contributed by atoms with Gasteiger partial charge in [0.15, 0.2) is 0 Å². The van der Waals surface area contributed by atoms with Crippen molar-refractivity contribution in [3.8, 4) is 0 Å². The molecule has 1 aromatic rings. The molecule has 0 spiro atoms. The van der Waals surface area contributed by atoms with Gasteiger partial charge in [-0.25, -0.2) is 4.79 Å². The molecule has 1 atom stereocenters. The fourth-order valence-electron chi connectivity index (χ4n) is 1.95. The summed E-state index contributed by atoms with van der Waals surface area (Å²) < 4.78 is 9.82. The number of esters is 2. The zero-order valence-corrected chi connectivity index (χ0v) is 13.0. The number of carbonyl (C=O) groups is 3. The maximum absolute atomic E-state index is 11.6. The van der Waals surface area contributed by atoms with Crippen molar-refractivity contribution in [2.24, 2.45) is 0 Å². The first-order valence-corrected chi connectivity index (χ1v) is 7.11. The van der Waals surface area contributed by atoms with Gasteiger partial charge in [-0.05, 0) is 24.6 Å². The summed E-state index contributed by atoms with van der Waals surface area (Å²) in [7, 11) is 0. The summed E-state index contributed by atoms with van der Waals surface area (Å²) in [5.74, 6) is -0.924. The van der Waals surface area contributed by atoms with E-state index in [0.717, 1.165) is 5.56 Å². The van der Waals surface area contributed by atoms with Gasteiger partial charge in [0, 0.05) is 20.3 Å². The van der Waals surface area contributed by atoms with Crippen molar-refractivity contribution in [1.29, 1.82) is 0 Å². The van der Waals surface area contributed by atoms with E-state index in [1.54, 1.807) is 31.2 Å². The smallest absolute Gasteiger partial charge is 0.338 e. The monoisotopic (exact) mass is 307 g/mol. The molecule has 1 amide bonds. The van der Waals surface area contributed by atoms with Crippen LogP contribution in [0, 0.1) is 0 Å². The van der Waals surface area contributed by atoms with Crippen molar-refractivity contribution in [3.05, 3.63) is 35.4 Å². The summed E-state index contributed by atoms with van der Waals surface area (Å²) in [6.45, 7) is 5.03. The van der Waals surface area contributed by atoms with Crippen molar-refractivity contribution >= 4 is 17.8 Å². The third-order valence-corrected chi connectivity index (χ3v) is 2.91. The number of rotatable bonds is 7. The van der Waals surface area contributed by atoms with E-state index in [-0.39, 0.29) is 30.5 Å². The third kappa shape index (κ3) is 5.95. The summed E-state index contributed by atoms with van der Waals surface area (Å²) in [4.78, 5) is 33.7. The van der Waals surface area contributed by atoms with E-state index in [1.165, 1.54) is 13.8 Å². The Bertz CT molecular complexity index is 524. The highest BCUT2D eigenvalue weighted by atomic mass is 16.5. The highest BCUT2D eigenvalue weighted by Gasteiger charge is 2.14. The van der Waals surface area contributed by atoms with E-state index in [1.807, 2.05) is 0 Å². The second-order valence-corrected chi connectivity index (χ2v) is 4.72. The molecule has 0 aromatic heterocycles. The van der Waals surface area contributed by atoms with Crippen LogP contribution in [0.15, 0.2) is 24.3 Å². The van der Waals surface area contributed by atoms with Gasteiger partial charge in [-0.1, -0.05) is 12.1 Å². The molecule has 0 aliphatic carbocycles. The minimum absolute atomic E-state index is 0.178. The van der Waals surface area contributed by atoms with Gasteiger partial charge in [0.2, 0.25) is 5.91 Å². The van der Waals surface area contributed by atoms with E-state index in [2.05, 4.69) is 5.32 Å². The Balaban J connectivity index is 2.78. The number of amides is 1. The number of ether oxygens (including phenoxy) is 2. The normalized spacial score (nSPS) is 11.4. The number of hydrogen-bond acceptors (Lipinski definition) is 5. The molecule has 1 aromatic carbocycles. The minimum Gasteiger partial charge on any atom is -0.466 e. The summed E-state index contributed by atoms with van der Waals surface area (Å²) in [5, 5.41) is 2.80. The van der Waals surface area contributed by atoms with Crippen LogP contribution in [0.1, 0.15) is 49.2 Å². The standard InChI is InChI=1S/C16H21NO5/c1-4-21-16(20)14-7-5-13(6-8-14)15(17-11(2)18)9-10-22-12(3)19/h5-8,15H,4,9-10H2,1-3H3,(H,17,18). The largest absolute Gasteiger partial charge is 0.466 e. The van der Waals surface area contributed by atoms with Gasteiger partial charge in [0.25, 0.3) is 0 Å². The molecule has 6 heteroatoms. The molecule has 0 aliphatic rings. The first-order valence-electron chi connectivity index (χ1n) is 7.11. The Morgan fingerprint density at radius 3 is 2.23 bits per heavy atom. The quantitative estimate of drug-likeness (QED) is 0.779. The van der Waals surface area contributed by atoms with Gasteiger partial charge in [0.1, 0.15) is 0 Å². The fourth-order valence-corrected chi connectivity index (χ4v) is 1.95. The molecule has 1 N–H and O–H groups in total. The molecule has 1 rings (SSSR count). The van der Waals surface area contributed by atoms with Crippen LogP contribution in [-0.2, 0) is 19.1 Å². The molecule has 1 unspecified atom stereocenters. The van der Waals surface area contributed by atoms with Gasteiger partial charge in [0.05, 0.1) is 24.8 Å². The Labute approximate surface area is 129 Å². The summed E-state index contributed by atoms with van der Waals surface area (Å²) >= 11 is 0. The maximum Gasteiger partial charge on any atom is 0.338 e. The Hall–Kier alpha value is -2.37. The lowest BCUT2D eigenvalue weighted by atomic mass is 10.0. The van der Waals surface area contributed by atoms with Crippen LogP contribution in [0.2, 0.25) is 0 Å². The van der Waals surface area contributed by atoms with Crippen molar-refractivity contribution < 1.29 is 23.9 Å². The van der Waals surface area contributed by atoms with E-state index >= 15 is 0 Å². The van der Waals surface area contributed by atoms with Crippen molar-refractivity contribution in [2.45, 2.75) is 33.2 Å². The van der Waals surface area contributed by atoms with Crippen molar-refractivity contribution in [2.75, 3.05) is 13.2 Å². The molecule has 0 aliphatic heterocycles. The number of benzene rings is 1. The lowest BCUT2D eigenvalue weighted by molar-refractivity contribution is -0.141. The molecule has 6 nitrogen and oxygen atoms in total. The first-order chi connectivity index (χ1) is 10.4. The molecule has 0 saturated heterocycles. The van der Waals surface area contributed by atoms with Crippen LogP contribution in [0.4, 0.5) is 0 Å². The van der Waals surface area contributed by atoms with Crippen LogP contribution < -0.4 is 5.32 Å². The Morgan fingerprint density at radius 1 is 1.09 bits per heavy atom. The highest BCUT2D eigenvalue weighted by molar-refractivity contribution is 5.89. The minimum atomic E-state index is -0.384. The second-order valence-electron chi connectivity index (χ2n) is 4.72. The first kappa shape index (κ1) is 17.7. The second kappa shape index (κ2) is 8.81. The molecule has 120 valence electrons. The molecule has 0 bridgehead atoms. The van der Waals surface area contributed by atoms with Crippen molar-refractivity contribution in [3.63, 3.8) is 0 Å². The zero-order chi connectivity index (χ0) is 16.5. The van der Waals surface area contributed by atoms with E-state index in [0.29, 0.717) is 18.6 Å². The average Bonchev–Trinajstić information content (AvgIpc) is 2.46. The lowest BCUT2D eigenvalue weighted by Gasteiger charge is -2.18. The molecule has 22 heavy (non-hydrogen) atoms. The lowest BCUT2D eigenvalue weighted by Crippen LogP contribution is -2.27. The van der Waals surface area contributed by atoms with Crippen LogP contribution in [0.25, 0.3) is 0 Å². The number of hydrogen-bond donors (Lipinski definition) is 1. The molecular formula is C16H21NO5. The van der Waals surface area contributed by atoms with Gasteiger partial charge in [-0.3, -0.25) is 9.59 Å². The number of nitrogens with one attached hydrogen (secondary N) is 1. The van der Waals surface area contributed by atoms with Crippen LogP contribution in [0.5, 0.6) is 0 Å². The van der Waals surface area contributed by atoms with Gasteiger partial charge in [-0.15, -0.1) is 0 Å². The Morgan fingerprint density at radius 2 is 1.73 bits per heavy atom. The number of carbonyl (C=O) groups excluding carboxylic acids is 3. The average molecular weight is 307 g/mol. The predicted molar refractivity (Wildman–Crippen MR) is 80.2 cm³/mol. The van der Waals surface area contributed by atoms with Gasteiger partial charge >= 0.3 is 11.9 Å². The van der Waals surface area contributed by atoms with Gasteiger partial charge in [-0.2, -0.15) is 0 Å². The highest BCUT2D eigenvalue weighted by Crippen LogP contribution is 2.18. The van der Waals surface area contributed by atoms with E-state index < -0.39 is 0 Å². The molecule has 0 radical (unpaired) electrons. The topological polar surface area (TPSA) is 81.7 Å². The Kier molecular flexibility index (Phi) is 7.08. The maximum atomic E-state index is 11.6. The molecule has 0 saturated carbocycles. The SMILES string of the molecule is CCOC(=O)c1ccc(C(CCOC(C)=O)NC(C)=O)cc1. The summed E-state index contributed by atoms with van der Waals surface area (Å²) in [6, 6.07) is 6.51. The molecule has 0 fully saturated rings. The molecular weight excluding hydrogens is 286 g/mol. The zero-order valence-electron chi connectivity index (χ0n) is 13.0. The van der Waals surface area contributed by atoms with E-state index in [9.17, 15) is 14.4 Å². The van der Waals surface area contributed by atoms with Crippen LogP contribution in [-0.4, -0.2) is 31.1 Å². The molecule has 0 heterocycles.